The second-order valence-electron chi connectivity index (χ2n) is 6.87. The molecule has 9 heteroatoms. The van der Waals surface area contributed by atoms with E-state index in [1.165, 1.54) is 21.9 Å². The predicted molar refractivity (Wildman–Crippen MR) is 117 cm³/mol. The second kappa shape index (κ2) is 8.49. The highest BCUT2D eigenvalue weighted by atomic mass is 32.1. The zero-order chi connectivity index (χ0) is 22.0. The molecule has 0 radical (unpaired) electrons. The number of anilines is 1. The SMILES string of the molecule is Cc1ccc(C(=O)Nc2ccc(C(=O)OCc3cc(=O)n4nc(C)sc4n3)cc2)cc1. The summed E-state index contributed by atoms with van der Waals surface area (Å²) in [7, 11) is 0. The Balaban J connectivity index is 1.38. The molecule has 2 aromatic heterocycles. The van der Waals surface area contributed by atoms with Crippen molar-refractivity contribution in [3.05, 3.63) is 92.3 Å². The molecule has 0 aliphatic heterocycles. The van der Waals surface area contributed by atoms with Crippen molar-refractivity contribution >= 4 is 33.9 Å². The van der Waals surface area contributed by atoms with Gasteiger partial charge in [-0.05, 0) is 50.2 Å². The molecule has 0 aliphatic carbocycles. The number of esters is 1. The summed E-state index contributed by atoms with van der Waals surface area (Å²) in [6.07, 6.45) is 0. The zero-order valence-electron chi connectivity index (χ0n) is 16.8. The lowest BCUT2D eigenvalue weighted by Crippen LogP contribution is -2.16. The van der Waals surface area contributed by atoms with Crippen LogP contribution in [0, 0.1) is 13.8 Å². The Labute approximate surface area is 181 Å². The van der Waals surface area contributed by atoms with Gasteiger partial charge >= 0.3 is 5.97 Å². The van der Waals surface area contributed by atoms with Crippen LogP contribution in [0.2, 0.25) is 0 Å². The van der Waals surface area contributed by atoms with Gasteiger partial charge in [0.2, 0.25) is 4.96 Å². The van der Waals surface area contributed by atoms with Gasteiger partial charge < -0.3 is 10.1 Å². The molecule has 4 rings (SSSR count). The van der Waals surface area contributed by atoms with Gasteiger partial charge in [-0.15, -0.1) is 0 Å². The molecule has 0 saturated carbocycles. The Morgan fingerprint density at radius 2 is 1.71 bits per heavy atom. The maximum absolute atomic E-state index is 12.3. The fourth-order valence-corrected chi connectivity index (χ4v) is 3.61. The van der Waals surface area contributed by atoms with Crippen LogP contribution in [0.1, 0.15) is 37.0 Å². The highest BCUT2D eigenvalue weighted by Crippen LogP contribution is 2.14. The average molecular weight is 434 g/mol. The number of nitrogens with zero attached hydrogens (tertiary/aromatic N) is 3. The third-order valence-corrected chi connectivity index (χ3v) is 5.27. The van der Waals surface area contributed by atoms with Crippen molar-refractivity contribution in [1.82, 2.24) is 14.6 Å². The maximum atomic E-state index is 12.3. The highest BCUT2D eigenvalue weighted by Gasteiger charge is 2.12. The van der Waals surface area contributed by atoms with E-state index in [0.29, 0.717) is 32.5 Å². The minimum Gasteiger partial charge on any atom is -0.456 e. The lowest BCUT2D eigenvalue weighted by atomic mass is 10.1. The minimum atomic E-state index is -0.557. The topological polar surface area (TPSA) is 103 Å². The largest absolute Gasteiger partial charge is 0.456 e. The van der Waals surface area contributed by atoms with Crippen LogP contribution in [-0.4, -0.2) is 26.5 Å². The van der Waals surface area contributed by atoms with Crippen LogP contribution >= 0.6 is 11.3 Å². The molecule has 1 amide bonds. The van der Waals surface area contributed by atoms with Crippen molar-refractivity contribution in [3.63, 3.8) is 0 Å². The molecule has 0 spiro atoms. The number of carbonyl (C=O) groups excluding carboxylic acids is 2. The van der Waals surface area contributed by atoms with Crippen molar-refractivity contribution in [2.24, 2.45) is 0 Å². The van der Waals surface area contributed by atoms with Crippen LogP contribution in [0.3, 0.4) is 0 Å². The minimum absolute atomic E-state index is 0.132. The van der Waals surface area contributed by atoms with E-state index >= 15 is 0 Å². The molecule has 0 unspecified atom stereocenters. The smallest absolute Gasteiger partial charge is 0.338 e. The number of nitrogens with one attached hydrogen (secondary N) is 1. The first-order valence-electron chi connectivity index (χ1n) is 9.41. The van der Waals surface area contributed by atoms with Crippen LogP contribution < -0.4 is 10.9 Å². The Bertz CT molecular complexity index is 1320. The summed E-state index contributed by atoms with van der Waals surface area (Å²) in [6, 6.07) is 14.9. The third-order valence-electron chi connectivity index (χ3n) is 4.44. The Morgan fingerprint density at radius 1 is 1.03 bits per heavy atom. The highest BCUT2D eigenvalue weighted by molar-refractivity contribution is 7.16. The summed E-state index contributed by atoms with van der Waals surface area (Å²) in [5.74, 6) is -0.791. The van der Waals surface area contributed by atoms with Crippen LogP contribution in [0.4, 0.5) is 5.69 Å². The quantitative estimate of drug-likeness (QED) is 0.483. The zero-order valence-corrected chi connectivity index (χ0v) is 17.6. The first-order valence-corrected chi connectivity index (χ1v) is 10.2. The molecular weight excluding hydrogens is 416 g/mol. The van der Waals surface area contributed by atoms with Crippen LogP contribution in [-0.2, 0) is 11.3 Å². The van der Waals surface area contributed by atoms with Gasteiger partial charge in [0, 0.05) is 17.3 Å². The summed E-state index contributed by atoms with van der Waals surface area (Å²) in [4.78, 5) is 41.4. The number of rotatable bonds is 5. The normalized spacial score (nSPS) is 10.8. The van der Waals surface area contributed by atoms with E-state index in [4.69, 9.17) is 4.74 Å². The molecule has 156 valence electrons. The summed E-state index contributed by atoms with van der Waals surface area (Å²) in [5.41, 5.74) is 2.52. The number of benzene rings is 2. The van der Waals surface area contributed by atoms with Gasteiger partial charge in [0.1, 0.15) is 11.6 Å². The summed E-state index contributed by atoms with van der Waals surface area (Å²) in [6.45, 7) is 3.60. The maximum Gasteiger partial charge on any atom is 0.338 e. The van der Waals surface area contributed by atoms with Gasteiger partial charge in [0.05, 0.1) is 11.3 Å². The molecule has 8 nitrogen and oxygen atoms in total. The van der Waals surface area contributed by atoms with Crippen molar-refractivity contribution in [3.8, 4) is 0 Å². The van der Waals surface area contributed by atoms with Crippen molar-refractivity contribution < 1.29 is 14.3 Å². The van der Waals surface area contributed by atoms with Gasteiger partial charge in [-0.1, -0.05) is 29.0 Å². The van der Waals surface area contributed by atoms with Crippen LogP contribution in [0.5, 0.6) is 0 Å². The molecule has 31 heavy (non-hydrogen) atoms. The number of aromatic nitrogens is 3. The van der Waals surface area contributed by atoms with Gasteiger partial charge in [-0.3, -0.25) is 9.59 Å². The van der Waals surface area contributed by atoms with Crippen LogP contribution in [0.15, 0.2) is 59.4 Å². The van der Waals surface area contributed by atoms with E-state index in [2.05, 4.69) is 15.4 Å². The van der Waals surface area contributed by atoms with Crippen LogP contribution in [0.25, 0.3) is 4.96 Å². The molecule has 2 aromatic carbocycles. The van der Waals surface area contributed by atoms with E-state index in [9.17, 15) is 14.4 Å². The first kappa shape index (κ1) is 20.4. The lowest BCUT2D eigenvalue weighted by Gasteiger charge is -2.07. The number of ether oxygens (including phenoxy) is 1. The number of hydrogen-bond acceptors (Lipinski definition) is 7. The van der Waals surface area contributed by atoms with Crippen molar-refractivity contribution in [1.29, 1.82) is 0 Å². The Hall–Kier alpha value is -3.85. The number of fused-ring (bicyclic) bond motifs is 1. The van der Waals surface area contributed by atoms with Gasteiger partial charge in [0.25, 0.3) is 11.5 Å². The summed E-state index contributed by atoms with van der Waals surface area (Å²) in [5, 5.41) is 7.57. The summed E-state index contributed by atoms with van der Waals surface area (Å²) >= 11 is 1.28. The monoisotopic (exact) mass is 434 g/mol. The Kier molecular flexibility index (Phi) is 5.59. The molecule has 0 bridgehead atoms. The number of hydrogen-bond donors (Lipinski definition) is 1. The average Bonchev–Trinajstić information content (AvgIpc) is 3.14. The van der Waals surface area contributed by atoms with E-state index in [1.807, 2.05) is 19.1 Å². The number of amides is 1. The van der Waals surface area contributed by atoms with Crippen molar-refractivity contribution in [2.45, 2.75) is 20.5 Å². The summed E-state index contributed by atoms with van der Waals surface area (Å²) < 4.78 is 6.49. The Morgan fingerprint density at radius 3 is 2.42 bits per heavy atom. The first-order chi connectivity index (χ1) is 14.9. The number of carbonyl (C=O) groups is 2. The standard InChI is InChI=1S/C22H18N4O4S/c1-13-3-5-15(6-4-13)20(28)23-17-9-7-16(8-10-17)21(29)30-12-18-11-19(27)26-22(24-18)31-14(2)25-26/h3-11H,12H2,1-2H3,(H,23,28). The predicted octanol–water partition coefficient (Wildman–Crippen LogP) is 3.38. The number of aryl methyl sites for hydroxylation is 2. The van der Waals surface area contributed by atoms with Crippen molar-refractivity contribution in [2.75, 3.05) is 5.32 Å². The van der Waals surface area contributed by atoms with Gasteiger partial charge in [-0.2, -0.15) is 9.61 Å². The lowest BCUT2D eigenvalue weighted by molar-refractivity contribution is 0.0467. The van der Waals surface area contributed by atoms with Gasteiger partial charge in [-0.25, -0.2) is 9.78 Å². The van der Waals surface area contributed by atoms with E-state index in [0.717, 1.165) is 5.56 Å². The molecule has 0 saturated heterocycles. The van der Waals surface area contributed by atoms with E-state index in [1.54, 1.807) is 43.3 Å². The molecule has 0 atom stereocenters. The van der Waals surface area contributed by atoms with E-state index < -0.39 is 5.97 Å². The molecule has 0 aliphatic rings. The third kappa shape index (κ3) is 4.67. The van der Waals surface area contributed by atoms with E-state index in [-0.39, 0.29) is 18.1 Å². The molecular formula is C22H18N4O4S. The molecule has 1 N–H and O–H groups in total. The van der Waals surface area contributed by atoms with Gasteiger partial charge in [0.15, 0.2) is 0 Å². The fraction of sp³-hybridized carbons (Fsp3) is 0.136. The molecule has 4 aromatic rings. The fourth-order valence-electron chi connectivity index (χ4n) is 2.85. The second-order valence-corrected chi connectivity index (χ2v) is 8.03. The molecule has 2 heterocycles. The molecule has 0 fully saturated rings.